The van der Waals surface area contributed by atoms with Crippen LogP contribution in [-0.2, 0) is 0 Å². The normalized spacial score (nSPS) is 13.8. The van der Waals surface area contributed by atoms with Gasteiger partial charge < -0.3 is 5.73 Å². The summed E-state index contributed by atoms with van der Waals surface area (Å²) in [4.78, 5) is 12.5. The van der Waals surface area contributed by atoms with E-state index in [1.807, 2.05) is 67.6 Å². The third-order valence-electron chi connectivity index (χ3n) is 3.45. The quantitative estimate of drug-likeness (QED) is 0.827. The molecule has 0 fully saturated rings. The Morgan fingerprint density at radius 1 is 1.00 bits per heavy atom. The van der Waals surface area contributed by atoms with Crippen LogP contribution < -0.4 is 5.73 Å². The standard InChI is InChI=1S/C17H19NO/c1-2-15(16(18)13-9-5-3-6-10-13)17(19)14-11-7-4-8-12-14/h3-12,15-16H,2,18H2,1H3/t15-,16+/m1/s1. The first-order valence-corrected chi connectivity index (χ1v) is 6.63. The van der Waals surface area contributed by atoms with E-state index in [4.69, 9.17) is 5.73 Å². The Bertz CT molecular complexity index is 521. The largest absolute Gasteiger partial charge is 0.323 e. The number of carbonyl (C=O) groups excluding carboxylic acids is 1. The fourth-order valence-corrected chi connectivity index (χ4v) is 2.33. The Labute approximate surface area is 114 Å². The third kappa shape index (κ3) is 3.09. The number of carbonyl (C=O) groups is 1. The van der Waals surface area contributed by atoms with Gasteiger partial charge in [-0.3, -0.25) is 4.79 Å². The van der Waals surface area contributed by atoms with Gasteiger partial charge in [0.2, 0.25) is 0 Å². The molecule has 0 aliphatic rings. The van der Waals surface area contributed by atoms with Crippen LogP contribution in [0.5, 0.6) is 0 Å². The molecule has 2 nitrogen and oxygen atoms in total. The minimum atomic E-state index is -0.251. The van der Waals surface area contributed by atoms with Gasteiger partial charge in [-0.15, -0.1) is 0 Å². The average molecular weight is 253 g/mol. The Balaban J connectivity index is 2.23. The van der Waals surface area contributed by atoms with Gasteiger partial charge in [-0.25, -0.2) is 0 Å². The minimum absolute atomic E-state index is 0.124. The van der Waals surface area contributed by atoms with Gasteiger partial charge in [0.25, 0.3) is 0 Å². The van der Waals surface area contributed by atoms with Crippen molar-refractivity contribution < 1.29 is 4.79 Å². The Kier molecular flexibility index (Phi) is 4.48. The van der Waals surface area contributed by atoms with Crippen molar-refractivity contribution in [3.63, 3.8) is 0 Å². The zero-order chi connectivity index (χ0) is 13.7. The molecule has 2 N–H and O–H groups in total. The van der Waals surface area contributed by atoms with E-state index in [9.17, 15) is 4.79 Å². The van der Waals surface area contributed by atoms with Crippen molar-refractivity contribution in [2.24, 2.45) is 11.7 Å². The molecule has 0 amide bonds. The second-order valence-corrected chi connectivity index (χ2v) is 4.68. The molecule has 0 unspecified atom stereocenters. The molecule has 19 heavy (non-hydrogen) atoms. The summed E-state index contributed by atoms with van der Waals surface area (Å²) in [6, 6.07) is 18.9. The molecule has 2 rings (SSSR count). The van der Waals surface area contributed by atoms with Crippen LogP contribution in [0.3, 0.4) is 0 Å². The van der Waals surface area contributed by atoms with Crippen LogP contribution in [0.4, 0.5) is 0 Å². The van der Waals surface area contributed by atoms with Crippen LogP contribution in [0.25, 0.3) is 0 Å². The summed E-state index contributed by atoms with van der Waals surface area (Å²) < 4.78 is 0. The zero-order valence-electron chi connectivity index (χ0n) is 11.1. The summed E-state index contributed by atoms with van der Waals surface area (Å²) in [5.74, 6) is -0.0516. The highest BCUT2D eigenvalue weighted by atomic mass is 16.1. The van der Waals surface area contributed by atoms with Gasteiger partial charge in [0, 0.05) is 17.5 Å². The van der Waals surface area contributed by atoms with E-state index in [2.05, 4.69) is 0 Å². The van der Waals surface area contributed by atoms with Crippen molar-refractivity contribution in [1.82, 2.24) is 0 Å². The monoisotopic (exact) mass is 253 g/mol. The smallest absolute Gasteiger partial charge is 0.167 e. The van der Waals surface area contributed by atoms with Crippen molar-refractivity contribution >= 4 is 5.78 Å². The minimum Gasteiger partial charge on any atom is -0.323 e. The number of ketones is 1. The van der Waals surface area contributed by atoms with Gasteiger partial charge in [0.15, 0.2) is 5.78 Å². The lowest BCUT2D eigenvalue weighted by atomic mass is 9.85. The molecule has 0 aliphatic carbocycles. The van der Waals surface area contributed by atoms with Crippen LogP contribution in [0.1, 0.15) is 35.3 Å². The first kappa shape index (κ1) is 13.5. The van der Waals surface area contributed by atoms with E-state index < -0.39 is 0 Å². The molecule has 0 radical (unpaired) electrons. The van der Waals surface area contributed by atoms with E-state index in [1.54, 1.807) is 0 Å². The van der Waals surface area contributed by atoms with E-state index in [0.717, 1.165) is 17.5 Å². The zero-order valence-corrected chi connectivity index (χ0v) is 11.1. The topological polar surface area (TPSA) is 43.1 Å². The van der Waals surface area contributed by atoms with E-state index in [-0.39, 0.29) is 17.7 Å². The number of nitrogens with two attached hydrogens (primary N) is 1. The molecule has 0 bridgehead atoms. The summed E-state index contributed by atoms with van der Waals surface area (Å²) in [6.45, 7) is 2.01. The van der Waals surface area contributed by atoms with Crippen molar-refractivity contribution in [2.45, 2.75) is 19.4 Å². The summed E-state index contributed by atoms with van der Waals surface area (Å²) in [5, 5.41) is 0. The molecule has 2 aromatic carbocycles. The highest BCUT2D eigenvalue weighted by Gasteiger charge is 2.25. The fraction of sp³-hybridized carbons (Fsp3) is 0.235. The molecule has 0 aromatic heterocycles. The van der Waals surface area contributed by atoms with Crippen LogP contribution in [0.15, 0.2) is 60.7 Å². The number of hydrogen-bond acceptors (Lipinski definition) is 2. The predicted octanol–water partition coefficient (Wildman–Crippen LogP) is 3.60. The predicted molar refractivity (Wildman–Crippen MR) is 77.9 cm³/mol. The number of rotatable bonds is 5. The van der Waals surface area contributed by atoms with Crippen LogP contribution in [0.2, 0.25) is 0 Å². The van der Waals surface area contributed by atoms with E-state index >= 15 is 0 Å². The van der Waals surface area contributed by atoms with Crippen LogP contribution in [-0.4, -0.2) is 5.78 Å². The Morgan fingerprint density at radius 3 is 2.05 bits per heavy atom. The van der Waals surface area contributed by atoms with Gasteiger partial charge in [-0.05, 0) is 12.0 Å². The summed E-state index contributed by atoms with van der Waals surface area (Å²) in [5.41, 5.74) is 8.02. The van der Waals surface area contributed by atoms with Gasteiger partial charge >= 0.3 is 0 Å². The average Bonchev–Trinajstić information content (AvgIpc) is 2.49. The molecule has 0 spiro atoms. The second-order valence-electron chi connectivity index (χ2n) is 4.68. The molecule has 0 heterocycles. The van der Waals surface area contributed by atoms with Gasteiger partial charge in [0.1, 0.15) is 0 Å². The SMILES string of the molecule is CC[C@@H](C(=O)c1ccccc1)[C@@H](N)c1ccccc1. The molecule has 2 atom stereocenters. The fourth-order valence-electron chi connectivity index (χ4n) is 2.33. The number of Topliss-reactive ketones (excluding diaryl/α,β-unsaturated/α-hetero) is 1. The molecule has 0 aliphatic heterocycles. The molecule has 2 aromatic rings. The Hall–Kier alpha value is -1.93. The molecule has 0 saturated carbocycles. The van der Waals surface area contributed by atoms with Gasteiger partial charge in [-0.2, -0.15) is 0 Å². The first-order valence-electron chi connectivity index (χ1n) is 6.63. The maximum atomic E-state index is 12.5. The lowest BCUT2D eigenvalue weighted by Crippen LogP contribution is -2.28. The van der Waals surface area contributed by atoms with E-state index in [1.165, 1.54) is 0 Å². The summed E-state index contributed by atoms with van der Waals surface area (Å²) in [7, 11) is 0. The highest BCUT2D eigenvalue weighted by molar-refractivity contribution is 5.98. The lowest BCUT2D eigenvalue weighted by Gasteiger charge is -2.22. The molecule has 0 saturated heterocycles. The third-order valence-corrected chi connectivity index (χ3v) is 3.45. The van der Waals surface area contributed by atoms with Crippen molar-refractivity contribution in [3.8, 4) is 0 Å². The number of benzene rings is 2. The number of hydrogen-bond donors (Lipinski definition) is 1. The molecular weight excluding hydrogens is 234 g/mol. The summed E-state index contributed by atoms with van der Waals surface area (Å²) in [6.07, 6.45) is 0.740. The maximum absolute atomic E-state index is 12.5. The van der Waals surface area contributed by atoms with Crippen LogP contribution >= 0.6 is 0 Å². The van der Waals surface area contributed by atoms with Crippen molar-refractivity contribution in [1.29, 1.82) is 0 Å². The van der Waals surface area contributed by atoms with Crippen molar-refractivity contribution in [2.75, 3.05) is 0 Å². The first-order chi connectivity index (χ1) is 9.24. The highest BCUT2D eigenvalue weighted by Crippen LogP contribution is 2.25. The van der Waals surface area contributed by atoms with E-state index in [0.29, 0.717) is 0 Å². The van der Waals surface area contributed by atoms with Crippen molar-refractivity contribution in [3.05, 3.63) is 71.8 Å². The maximum Gasteiger partial charge on any atom is 0.167 e. The lowest BCUT2D eigenvalue weighted by molar-refractivity contribution is 0.0897. The molecule has 98 valence electrons. The Morgan fingerprint density at radius 2 is 1.53 bits per heavy atom. The molecule has 2 heteroatoms. The molecular formula is C17H19NO. The van der Waals surface area contributed by atoms with Gasteiger partial charge in [0.05, 0.1) is 0 Å². The second kappa shape index (κ2) is 6.30. The van der Waals surface area contributed by atoms with Gasteiger partial charge in [-0.1, -0.05) is 67.6 Å². The summed E-state index contributed by atoms with van der Waals surface area (Å²) >= 11 is 0. The van der Waals surface area contributed by atoms with Crippen LogP contribution in [0, 0.1) is 5.92 Å².